The predicted molar refractivity (Wildman–Crippen MR) is 73.6 cm³/mol. The quantitative estimate of drug-likeness (QED) is 0.819. The minimum atomic E-state index is -0.0381. The number of benzene rings is 1. The van der Waals surface area contributed by atoms with Gasteiger partial charge in [-0.1, -0.05) is 6.08 Å². The van der Waals surface area contributed by atoms with Crippen molar-refractivity contribution in [3.63, 3.8) is 0 Å². The van der Waals surface area contributed by atoms with Gasteiger partial charge < -0.3 is 15.2 Å². The molecule has 1 atom stereocenters. The van der Waals surface area contributed by atoms with Crippen LogP contribution in [0, 0.1) is 0 Å². The van der Waals surface area contributed by atoms with Crippen molar-refractivity contribution in [3.8, 4) is 11.5 Å². The summed E-state index contributed by atoms with van der Waals surface area (Å²) in [5.41, 5.74) is 7.11. The topological polar surface area (TPSA) is 44.5 Å². The standard InChI is InChI=1S/C13H18BrNO2/c1-4-5-6-10(15)9-7-11(16-2)13(14)12(8-9)17-3/h4,7-8,10H,1,5-6,15H2,2-3H3/t10-/m1/s1. The zero-order valence-corrected chi connectivity index (χ0v) is 11.8. The highest BCUT2D eigenvalue weighted by Crippen LogP contribution is 2.37. The van der Waals surface area contributed by atoms with E-state index < -0.39 is 0 Å². The Kier molecular flexibility index (Phi) is 5.51. The van der Waals surface area contributed by atoms with E-state index in [2.05, 4.69) is 22.5 Å². The van der Waals surface area contributed by atoms with Crippen LogP contribution >= 0.6 is 15.9 Å². The molecule has 0 bridgehead atoms. The summed E-state index contributed by atoms with van der Waals surface area (Å²) in [5.74, 6) is 1.46. The third-order valence-electron chi connectivity index (χ3n) is 2.58. The lowest BCUT2D eigenvalue weighted by Crippen LogP contribution is -2.10. The van der Waals surface area contributed by atoms with E-state index in [4.69, 9.17) is 15.2 Å². The number of ether oxygens (including phenoxy) is 2. The fourth-order valence-electron chi connectivity index (χ4n) is 1.57. The molecule has 0 heterocycles. The molecular formula is C13H18BrNO2. The van der Waals surface area contributed by atoms with Crippen LogP contribution in [0.5, 0.6) is 11.5 Å². The van der Waals surface area contributed by atoms with E-state index in [0.717, 1.165) is 34.4 Å². The van der Waals surface area contributed by atoms with Gasteiger partial charge in [-0.2, -0.15) is 0 Å². The molecule has 0 aliphatic rings. The Morgan fingerprint density at radius 1 is 1.35 bits per heavy atom. The van der Waals surface area contributed by atoms with Crippen LogP contribution in [0.25, 0.3) is 0 Å². The molecule has 3 nitrogen and oxygen atoms in total. The van der Waals surface area contributed by atoms with Crippen molar-refractivity contribution < 1.29 is 9.47 Å². The average Bonchev–Trinajstić information content (AvgIpc) is 2.36. The maximum absolute atomic E-state index is 6.10. The summed E-state index contributed by atoms with van der Waals surface area (Å²) in [5, 5.41) is 0. The maximum Gasteiger partial charge on any atom is 0.137 e. The van der Waals surface area contributed by atoms with Crippen LogP contribution in [0.1, 0.15) is 24.4 Å². The number of hydrogen-bond acceptors (Lipinski definition) is 3. The molecular weight excluding hydrogens is 282 g/mol. The fraction of sp³-hybridized carbons (Fsp3) is 0.385. The second-order valence-electron chi connectivity index (χ2n) is 3.71. The van der Waals surface area contributed by atoms with Gasteiger partial charge in [0.1, 0.15) is 16.0 Å². The molecule has 1 rings (SSSR count). The van der Waals surface area contributed by atoms with Crippen molar-refractivity contribution in [1.82, 2.24) is 0 Å². The monoisotopic (exact) mass is 299 g/mol. The fourth-order valence-corrected chi connectivity index (χ4v) is 2.12. The van der Waals surface area contributed by atoms with Crippen molar-refractivity contribution in [2.45, 2.75) is 18.9 Å². The lowest BCUT2D eigenvalue weighted by atomic mass is 10.0. The van der Waals surface area contributed by atoms with Gasteiger partial charge in [0.15, 0.2) is 0 Å². The summed E-state index contributed by atoms with van der Waals surface area (Å²) in [7, 11) is 3.25. The van der Waals surface area contributed by atoms with E-state index in [1.54, 1.807) is 14.2 Å². The van der Waals surface area contributed by atoms with Gasteiger partial charge in [0, 0.05) is 6.04 Å². The lowest BCUT2D eigenvalue weighted by Gasteiger charge is -2.15. The third kappa shape index (κ3) is 3.48. The molecule has 17 heavy (non-hydrogen) atoms. The van der Waals surface area contributed by atoms with Gasteiger partial charge >= 0.3 is 0 Å². The molecule has 0 unspecified atom stereocenters. The molecule has 4 heteroatoms. The van der Waals surface area contributed by atoms with E-state index >= 15 is 0 Å². The summed E-state index contributed by atoms with van der Waals surface area (Å²) < 4.78 is 11.4. The molecule has 1 aromatic carbocycles. The molecule has 0 radical (unpaired) electrons. The lowest BCUT2D eigenvalue weighted by molar-refractivity contribution is 0.387. The maximum atomic E-state index is 6.10. The van der Waals surface area contributed by atoms with Crippen LogP contribution in [0.15, 0.2) is 29.3 Å². The first-order chi connectivity index (χ1) is 8.13. The minimum absolute atomic E-state index is 0.0381. The Labute approximate surface area is 111 Å². The van der Waals surface area contributed by atoms with Gasteiger partial charge in [0.05, 0.1) is 14.2 Å². The van der Waals surface area contributed by atoms with Crippen molar-refractivity contribution in [1.29, 1.82) is 0 Å². The van der Waals surface area contributed by atoms with Gasteiger partial charge in [-0.15, -0.1) is 6.58 Å². The summed E-state index contributed by atoms with van der Waals surface area (Å²) >= 11 is 3.43. The Hall–Kier alpha value is -1.00. The van der Waals surface area contributed by atoms with Crippen LogP contribution in [0.2, 0.25) is 0 Å². The van der Waals surface area contributed by atoms with Crippen LogP contribution in [-0.4, -0.2) is 14.2 Å². The van der Waals surface area contributed by atoms with E-state index in [-0.39, 0.29) is 6.04 Å². The predicted octanol–water partition coefficient (Wildman–Crippen LogP) is 3.43. The minimum Gasteiger partial charge on any atom is -0.495 e. The van der Waals surface area contributed by atoms with E-state index in [0.29, 0.717) is 0 Å². The van der Waals surface area contributed by atoms with Crippen molar-refractivity contribution in [2.75, 3.05) is 14.2 Å². The average molecular weight is 300 g/mol. The number of rotatable bonds is 6. The highest BCUT2D eigenvalue weighted by atomic mass is 79.9. The molecule has 94 valence electrons. The number of halogens is 1. The highest BCUT2D eigenvalue weighted by Gasteiger charge is 2.13. The molecule has 0 fully saturated rings. The Morgan fingerprint density at radius 2 is 1.88 bits per heavy atom. The van der Waals surface area contributed by atoms with Crippen LogP contribution < -0.4 is 15.2 Å². The molecule has 0 saturated carbocycles. The van der Waals surface area contributed by atoms with Gasteiger partial charge in [0.25, 0.3) is 0 Å². The zero-order chi connectivity index (χ0) is 12.8. The first kappa shape index (κ1) is 14.1. The molecule has 0 aromatic heterocycles. The molecule has 0 saturated heterocycles. The van der Waals surface area contributed by atoms with Crippen LogP contribution in [0.4, 0.5) is 0 Å². The Bertz CT molecular complexity index is 368. The molecule has 2 N–H and O–H groups in total. The van der Waals surface area contributed by atoms with Crippen molar-refractivity contribution in [2.24, 2.45) is 5.73 Å². The van der Waals surface area contributed by atoms with Gasteiger partial charge in [0.2, 0.25) is 0 Å². The summed E-state index contributed by atoms with van der Waals surface area (Å²) in [6.07, 6.45) is 3.62. The van der Waals surface area contributed by atoms with Gasteiger partial charge in [-0.05, 0) is 46.5 Å². The van der Waals surface area contributed by atoms with Gasteiger partial charge in [-0.3, -0.25) is 0 Å². The molecule has 0 spiro atoms. The van der Waals surface area contributed by atoms with Crippen LogP contribution in [-0.2, 0) is 0 Å². The largest absolute Gasteiger partial charge is 0.495 e. The SMILES string of the molecule is C=CCC[C@@H](N)c1cc(OC)c(Br)c(OC)c1. The number of allylic oxidation sites excluding steroid dienone is 1. The van der Waals surface area contributed by atoms with E-state index in [1.165, 1.54) is 0 Å². The first-order valence-electron chi connectivity index (χ1n) is 5.42. The second-order valence-corrected chi connectivity index (χ2v) is 4.50. The molecule has 0 aliphatic carbocycles. The number of nitrogens with two attached hydrogens (primary N) is 1. The summed E-state index contributed by atoms with van der Waals surface area (Å²) in [6.45, 7) is 3.70. The number of hydrogen-bond donors (Lipinski definition) is 1. The van der Waals surface area contributed by atoms with Gasteiger partial charge in [-0.25, -0.2) is 0 Å². The van der Waals surface area contributed by atoms with E-state index in [1.807, 2.05) is 18.2 Å². The molecule has 1 aromatic rings. The normalized spacial score (nSPS) is 12.0. The number of methoxy groups -OCH3 is 2. The van der Waals surface area contributed by atoms with E-state index in [9.17, 15) is 0 Å². The van der Waals surface area contributed by atoms with Crippen molar-refractivity contribution in [3.05, 3.63) is 34.8 Å². The molecule has 0 aliphatic heterocycles. The third-order valence-corrected chi connectivity index (χ3v) is 3.36. The Morgan fingerprint density at radius 3 is 2.29 bits per heavy atom. The second kappa shape index (κ2) is 6.67. The Balaban J connectivity index is 3.03. The van der Waals surface area contributed by atoms with Crippen LogP contribution in [0.3, 0.4) is 0 Å². The summed E-state index contributed by atoms with van der Waals surface area (Å²) in [6, 6.07) is 3.82. The highest BCUT2D eigenvalue weighted by molar-refractivity contribution is 9.10. The first-order valence-corrected chi connectivity index (χ1v) is 6.21. The van der Waals surface area contributed by atoms with Crippen molar-refractivity contribution >= 4 is 15.9 Å². The zero-order valence-electron chi connectivity index (χ0n) is 10.2. The molecule has 0 amide bonds. The smallest absolute Gasteiger partial charge is 0.137 e. The summed E-state index contributed by atoms with van der Waals surface area (Å²) in [4.78, 5) is 0.